The molecular formula is C24H21ClF4N8O2. The van der Waals surface area contributed by atoms with E-state index in [1.807, 2.05) is 5.10 Å². The van der Waals surface area contributed by atoms with Gasteiger partial charge in [-0.25, -0.2) is 24.4 Å². The summed E-state index contributed by atoms with van der Waals surface area (Å²) in [4.78, 5) is 37.0. The predicted molar refractivity (Wildman–Crippen MR) is 136 cm³/mol. The number of hydrogen-bond acceptors (Lipinski definition) is 8. The number of nitrogens with one attached hydrogen (secondary N) is 2. The maximum atomic E-state index is 14.9. The summed E-state index contributed by atoms with van der Waals surface area (Å²) in [5, 5.41) is 8.32. The number of aromatic nitrogens is 6. The van der Waals surface area contributed by atoms with Crippen LogP contribution in [-0.4, -0.2) is 35.8 Å². The van der Waals surface area contributed by atoms with Crippen LogP contribution in [0.15, 0.2) is 40.4 Å². The molecule has 3 heterocycles. The van der Waals surface area contributed by atoms with Crippen LogP contribution in [0.4, 0.5) is 29.1 Å². The largest absolute Gasteiger partial charge is 0.423 e. The Morgan fingerprint density at radius 3 is 2.67 bits per heavy atom. The molecule has 0 saturated heterocycles. The van der Waals surface area contributed by atoms with E-state index in [4.69, 9.17) is 17.3 Å². The monoisotopic (exact) mass is 564 g/mol. The third-order valence-corrected chi connectivity index (χ3v) is 6.80. The van der Waals surface area contributed by atoms with Crippen LogP contribution in [0.2, 0.25) is 5.02 Å². The van der Waals surface area contributed by atoms with Crippen LogP contribution >= 0.6 is 11.6 Å². The molecule has 0 unspecified atom stereocenters. The van der Waals surface area contributed by atoms with Crippen LogP contribution in [-0.2, 0) is 12.7 Å². The summed E-state index contributed by atoms with van der Waals surface area (Å²) in [6.45, 7) is 0.201. The molecule has 0 bridgehead atoms. The fraction of sp³-hybridized carbons (Fsp3) is 0.333. The highest BCUT2D eigenvalue weighted by Gasteiger charge is 2.39. The number of nitrogen functional groups attached to an aromatic ring is 1. The zero-order valence-corrected chi connectivity index (χ0v) is 20.9. The lowest BCUT2D eigenvalue weighted by atomic mass is 10.1. The summed E-state index contributed by atoms with van der Waals surface area (Å²) in [6, 6.07) is 2.04. The van der Waals surface area contributed by atoms with Crippen molar-refractivity contribution < 1.29 is 17.6 Å². The third-order valence-electron chi connectivity index (χ3n) is 6.51. The number of hydrogen-bond donors (Lipinski definition) is 3. The van der Waals surface area contributed by atoms with Gasteiger partial charge in [0.25, 0.3) is 11.1 Å². The molecule has 1 aliphatic carbocycles. The van der Waals surface area contributed by atoms with E-state index in [1.54, 1.807) is 0 Å². The van der Waals surface area contributed by atoms with Gasteiger partial charge in [0.05, 0.1) is 40.9 Å². The fourth-order valence-electron chi connectivity index (χ4n) is 4.41. The minimum Gasteiger partial charge on any atom is -0.382 e. The molecule has 0 radical (unpaired) electrons. The lowest BCUT2D eigenvalue weighted by molar-refractivity contribution is -0.138. The van der Waals surface area contributed by atoms with Gasteiger partial charge in [-0.2, -0.15) is 18.3 Å². The van der Waals surface area contributed by atoms with Crippen LogP contribution in [0.3, 0.4) is 0 Å². The van der Waals surface area contributed by atoms with Crippen molar-refractivity contribution in [2.75, 3.05) is 11.1 Å². The van der Waals surface area contributed by atoms with Crippen LogP contribution in [0.1, 0.15) is 31.2 Å². The van der Waals surface area contributed by atoms with Crippen molar-refractivity contribution in [1.29, 1.82) is 0 Å². The Morgan fingerprint density at radius 1 is 1.21 bits per heavy atom. The Morgan fingerprint density at radius 2 is 1.97 bits per heavy atom. The van der Waals surface area contributed by atoms with Gasteiger partial charge in [-0.1, -0.05) is 11.6 Å². The summed E-state index contributed by atoms with van der Waals surface area (Å²) in [7, 11) is 0. The average molecular weight is 565 g/mol. The molecule has 0 aliphatic heterocycles. The maximum Gasteiger partial charge on any atom is 0.423 e. The Bertz CT molecular complexity index is 1670. The van der Waals surface area contributed by atoms with Crippen molar-refractivity contribution in [2.24, 2.45) is 5.92 Å². The number of nitrogens with zero attached hydrogens (tertiary/aromatic N) is 5. The van der Waals surface area contributed by atoms with E-state index in [9.17, 15) is 27.2 Å². The van der Waals surface area contributed by atoms with E-state index in [0.717, 1.165) is 25.1 Å². The zero-order valence-electron chi connectivity index (χ0n) is 20.1. The molecule has 1 aromatic carbocycles. The van der Waals surface area contributed by atoms with Crippen LogP contribution in [0.25, 0.3) is 22.3 Å². The summed E-state index contributed by atoms with van der Waals surface area (Å²) in [5.74, 6) is -0.641. The second-order valence-electron chi connectivity index (χ2n) is 9.24. The van der Waals surface area contributed by atoms with Gasteiger partial charge in [0.1, 0.15) is 22.2 Å². The average Bonchev–Trinajstić information content (AvgIpc) is 3.71. The molecule has 3 aromatic heterocycles. The Balaban J connectivity index is 1.33. The topological polar surface area (TPSA) is 144 Å². The molecule has 1 aliphatic rings. The number of aryl methyl sites for hydroxylation is 1. The summed E-state index contributed by atoms with van der Waals surface area (Å²) in [5.41, 5.74) is 2.40. The molecule has 0 spiro atoms. The Kier molecular flexibility index (Phi) is 6.97. The number of fused-ring (bicyclic) bond motifs is 1. The lowest BCUT2D eigenvalue weighted by Gasteiger charge is -2.21. The van der Waals surface area contributed by atoms with E-state index in [0.29, 0.717) is 12.8 Å². The van der Waals surface area contributed by atoms with Gasteiger partial charge >= 0.3 is 6.18 Å². The van der Waals surface area contributed by atoms with Gasteiger partial charge in [-0.15, -0.1) is 0 Å². The second-order valence-corrected chi connectivity index (χ2v) is 9.64. The first-order chi connectivity index (χ1) is 18.5. The van der Waals surface area contributed by atoms with E-state index >= 15 is 0 Å². The van der Waals surface area contributed by atoms with Gasteiger partial charge in [0.2, 0.25) is 0 Å². The minimum absolute atomic E-state index is 0.00123. The highest BCUT2D eigenvalue weighted by molar-refractivity contribution is 6.32. The first-order valence-corrected chi connectivity index (χ1v) is 12.3. The van der Waals surface area contributed by atoms with Crippen molar-refractivity contribution in [3.8, 4) is 11.4 Å². The van der Waals surface area contributed by atoms with Gasteiger partial charge in [-0.05, 0) is 43.7 Å². The smallest absolute Gasteiger partial charge is 0.382 e. The number of nitrogens with two attached hydrogens (primary N) is 1. The molecule has 15 heteroatoms. The van der Waals surface area contributed by atoms with Gasteiger partial charge in [0.15, 0.2) is 5.82 Å². The lowest BCUT2D eigenvalue weighted by Crippen LogP contribution is -2.30. The van der Waals surface area contributed by atoms with E-state index in [1.165, 1.54) is 23.2 Å². The van der Waals surface area contributed by atoms with Crippen molar-refractivity contribution in [1.82, 2.24) is 29.7 Å². The predicted octanol–water partition coefficient (Wildman–Crippen LogP) is 4.00. The fourth-order valence-corrected chi connectivity index (χ4v) is 4.51. The second kappa shape index (κ2) is 10.2. The quantitative estimate of drug-likeness (QED) is 0.272. The molecule has 5 rings (SSSR count). The number of H-pyrrole nitrogens is 1. The number of rotatable bonds is 8. The van der Waals surface area contributed by atoms with Crippen molar-refractivity contribution in [2.45, 2.75) is 44.4 Å². The standard InChI is InChI=1S/C24H21ClF4N8O2/c25-14-8-31-21(35-20(14)30)12-7-17-13(6-15(12)26)23(39)37(10-32-17)5-1-2-16(11-3-4-11)34-18-9-33-36-22(38)19(18)24(27,28)29/h6-11,16H,1-5H2,(H2,30,31,35)(H2,34,36,38)/t16-/m1/s1. The van der Waals surface area contributed by atoms with Crippen molar-refractivity contribution in [3.05, 3.63) is 68.0 Å². The van der Waals surface area contributed by atoms with Crippen LogP contribution in [0.5, 0.6) is 0 Å². The molecule has 10 nitrogen and oxygen atoms in total. The van der Waals surface area contributed by atoms with E-state index in [-0.39, 0.29) is 57.3 Å². The van der Waals surface area contributed by atoms with Crippen LogP contribution < -0.4 is 22.2 Å². The maximum absolute atomic E-state index is 14.9. The molecule has 0 amide bonds. The summed E-state index contributed by atoms with van der Waals surface area (Å²) < 4.78 is 56.5. The number of aromatic amines is 1. The number of anilines is 2. The van der Waals surface area contributed by atoms with Crippen molar-refractivity contribution >= 4 is 34.0 Å². The van der Waals surface area contributed by atoms with Gasteiger partial charge < -0.3 is 11.1 Å². The summed E-state index contributed by atoms with van der Waals surface area (Å²) >= 11 is 5.83. The first-order valence-electron chi connectivity index (χ1n) is 11.9. The normalized spacial score (nSPS) is 14.5. The number of benzene rings is 1. The SMILES string of the molecule is Nc1nc(-c2cc3ncn(CCC[C@@H](Nc4cn[nH]c(=O)c4C(F)(F)F)C4CC4)c(=O)c3cc2F)ncc1Cl. The van der Waals surface area contributed by atoms with Crippen molar-refractivity contribution in [3.63, 3.8) is 0 Å². The Hall–Kier alpha value is -4.07. The minimum atomic E-state index is -4.85. The first kappa shape index (κ1) is 26.5. The molecular weight excluding hydrogens is 544 g/mol. The number of alkyl halides is 3. The Labute approximate surface area is 222 Å². The van der Waals surface area contributed by atoms with Gasteiger partial charge in [-0.3, -0.25) is 14.2 Å². The highest BCUT2D eigenvalue weighted by Crippen LogP contribution is 2.38. The molecule has 1 saturated carbocycles. The van der Waals surface area contributed by atoms with E-state index < -0.39 is 28.7 Å². The van der Waals surface area contributed by atoms with Crippen LogP contribution in [0, 0.1) is 11.7 Å². The molecule has 1 fully saturated rings. The molecule has 1 atom stereocenters. The summed E-state index contributed by atoms with van der Waals surface area (Å²) in [6.07, 6.45) is 1.16. The third kappa shape index (κ3) is 5.55. The molecule has 4 aromatic rings. The molecule has 204 valence electrons. The molecule has 39 heavy (non-hydrogen) atoms. The highest BCUT2D eigenvalue weighted by atomic mass is 35.5. The zero-order chi connectivity index (χ0) is 27.9. The number of halogens is 5. The molecule has 4 N–H and O–H groups in total. The van der Waals surface area contributed by atoms with Gasteiger partial charge in [0, 0.05) is 12.6 Å². The van der Waals surface area contributed by atoms with E-state index in [2.05, 4.69) is 25.4 Å².